The molecule has 5 nitrogen and oxygen atoms in total. The number of rotatable bonds is 6. The Hall–Kier alpha value is -1.96. The highest BCUT2D eigenvalue weighted by molar-refractivity contribution is 5.14. The first kappa shape index (κ1) is 15.4. The van der Waals surface area contributed by atoms with Crippen LogP contribution < -0.4 is 0 Å². The average Bonchev–Trinajstić information content (AvgIpc) is 2.86. The van der Waals surface area contributed by atoms with Crippen molar-refractivity contribution in [3.8, 4) is 0 Å². The molecule has 0 saturated heterocycles. The Morgan fingerprint density at radius 2 is 1.86 bits per heavy atom. The van der Waals surface area contributed by atoms with E-state index in [9.17, 15) is 13.2 Å². The molecule has 21 heavy (non-hydrogen) atoms. The smallest absolute Gasteiger partial charge is 0.382 e. The molecule has 0 radical (unpaired) electrons. The number of hydrogen-bond donors (Lipinski definition) is 1. The van der Waals surface area contributed by atoms with Gasteiger partial charge in [0.05, 0.1) is 6.54 Å². The summed E-state index contributed by atoms with van der Waals surface area (Å²) >= 11 is 0. The van der Waals surface area contributed by atoms with Crippen molar-refractivity contribution in [1.29, 1.82) is 0 Å². The lowest BCUT2D eigenvalue weighted by Crippen LogP contribution is -2.33. The molecule has 1 atom stereocenters. The summed E-state index contributed by atoms with van der Waals surface area (Å²) in [5.74, 6) is 0.342. The molecule has 0 aliphatic carbocycles. The molecular weight excluding hydrogens is 285 g/mol. The Morgan fingerprint density at radius 1 is 1.14 bits per heavy atom. The van der Waals surface area contributed by atoms with Crippen LogP contribution in [0.3, 0.4) is 0 Å². The van der Waals surface area contributed by atoms with Gasteiger partial charge in [-0.3, -0.25) is 0 Å². The zero-order valence-electron chi connectivity index (χ0n) is 11.2. The van der Waals surface area contributed by atoms with Crippen LogP contribution in [0.5, 0.6) is 0 Å². The predicted molar refractivity (Wildman–Crippen MR) is 68.3 cm³/mol. The lowest BCUT2D eigenvalue weighted by molar-refractivity contribution is -0.208. The van der Waals surface area contributed by atoms with E-state index in [-0.39, 0.29) is 0 Å². The second-order valence-electron chi connectivity index (χ2n) is 4.67. The van der Waals surface area contributed by atoms with Gasteiger partial charge in [0.1, 0.15) is 0 Å². The third-order valence-electron chi connectivity index (χ3n) is 3.04. The zero-order chi connectivity index (χ0) is 15.3. The monoisotopic (exact) mass is 300 g/mol. The normalized spacial score (nSPS) is 13.3. The van der Waals surface area contributed by atoms with Gasteiger partial charge in [-0.1, -0.05) is 30.3 Å². The van der Waals surface area contributed by atoms with Gasteiger partial charge in [-0.15, -0.1) is 5.10 Å². The maximum Gasteiger partial charge on any atom is 0.416 e. The average molecular weight is 300 g/mol. The molecule has 1 heterocycles. The van der Waals surface area contributed by atoms with Crippen molar-refractivity contribution in [3.05, 3.63) is 41.7 Å². The van der Waals surface area contributed by atoms with Gasteiger partial charge in [0.15, 0.2) is 11.9 Å². The number of aliphatic hydroxyl groups excluding tert-OH is 1. The van der Waals surface area contributed by atoms with E-state index in [0.717, 1.165) is 16.7 Å². The molecule has 0 amide bonds. The molecule has 0 saturated carbocycles. The van der Waals surface area contributed by atoms with Gasteiger partial charge in [0.2, 0.25) is 0 Å². The van der Waals surface area contributed by atoms with Crippen molar-refractivity contribution in [2.45, 2.75) is 38.1 Å². The van der Waals surface area contributed by atoms with Gasteiger partial charge in [-0.05, 0) is 28.8 Å². The zero-order valence-corrected chi connectivity index (χ0v) is 11.2. The van der Waals surface area contributed by atoms with Crippen LogP contribution in [0.25, 0.3) is 0 Å². The van der Waals surface area contributed by atoms with Crippen molar-refractivity contribution in [2.24, 2.45) is 0 Å². The molecule has 2 rings (SSSR count). The first-order valence-corrected chi connectivity index (χ1v) is 6.50. The summed E-state index contributed by atoms with van der Waals surface area (Å²) in [6, 6.07) is 9.74. The number of alkyl halides is 3. The number of hydrogen-bond acceptors (Lipinski definition) is 4. The Bertz CT molecular complexity index is 556. The fourth-order valence-corrected chi connectivity index (χ4v) is 1.91. The summed E-state index contributed by atoms with van der Waals surface area (Å²) in [6.07, 6.45) is -5.18. The number of aromatic nitrogens is 4. The second kappa shape index (κ2) is 6.66. The van der Waals surface area contributed by atoms with Crippen LogP contribution in [0, 0.1) is 0 Å². The highest BCUT2D eigenvalue weighted by atomic mass is 19.4. The first-order valence-electron chi connectivity index (χ1n) is 6.50. The standard InChI is InChI=1S/C13H15F3N4O/c14-13(15,16)11(21)9-20-12(17-18-19-20)8-4-7-10-5-2-1-3-6-10/h1-3,5-6,11,21H,4,7-9H2/t11-/m0/s1. The van der Waals surface area contributed by atoms with E-state index >= 15 is 0 Å². The molecule has 1 aromatic heterocycles. The lowest BCUT2D eigenvalue weighted by atomic mass is 10.1. The third kappa shape index (κ3) is 4.52. The minimum atomic E-state index is -4.67. The van der Waals surface area contributed by atoms with Gasteiger partial charge >= 0.3 is 6.18 Å². The quantitative estimate of drug-likeness (QED) is 0.883. The molecule has 8 heteroatoms. The molecule has 0 fully saturated rings. The molecule has 1 N–H and O–H groups in total. The van der Waals surface area contributed by atoms with Gasteiger partial charge in [0, 0.05) is 6.42 Å². The van der Waals surface area contributed by atoms with Gasteiger partial charge in [-0.2, -0.15) is 13.2 Å². The van der Waals surface area contributed by atoms with Gasteiger partial charge < -0.3 is 5.11 Å². The Labute approximate surface area is 119 Å². The third-order valence-corrected chi connectivity index (χ3v) is 3.04. The predicted octanol–water partition coefficient (Wildman–Crippen LogP) is 1.77. The van der Waals surface area contributed by atoms with Crippen molar-refractivity contribution in [1.82, 2.24) is 20.2 Å². The molecule has 2 aromatic rings. The number of tetrazole rings is 1. The number of benzene rings is 1. The number of halogens is 3. The summed E-state index contributed by atoms with van der Waals surface area (Å²) in [6.45, 7) is -0.683. The summed E-state index contributed by atoms with van der Waals surface area (Å²) in [5, 5.41) is 19.6. The molecule has 1 aromatic carbocycles. The van der Waals surface area contributed by atoms with Crippen LogP contribution in [0.2, 0.25) is 0 Å². The molecule has 0 bridgehead atoms. The van der Waals surface area contributed by atoms with Gasteiger partial charge in [0.25, 0.3) is 0 Å². The summed E-state index contributed by atoms with van der Waals surface area (Å²) < 4.78 is 37.9. The van der Waals surface area contributed by atoms with Crippen molar-refractivity contribution >= 4 is 0 Å². The number of aryl methyl sites for hydroxylation is 2. The molecule has 0 unspecified atom stereocenters. The molecule has 0 aliphatic rings. The van der Waals surface area contributed by atoms with Crippen LogP contribution in [0.1, 0.15) is 17.8 Å². The van der Waals surface area contributed by atoms with Gasteiger partial charge in [-0.25, -0.2) is 4.68 Å². The summed E-state index contributed by atoms with van der Waals surface area (Å²) in [4.78, 5) is 0. The largest absolute Gasteiger partial charge is 0.416 e. The summed E-state index contributed by atoms with van der Waals surface area (Å²) in [7, 11) is 0. The van der Waals surface area contributed by atoms with Crippen molar-refractivity contribution in [2.75, 3.05) is 0 Å². The van der Waals surface area contributed by atoms with Crippen molar-refractivity contribution < 1.29 is 18.3 Å². The summed E-state index contributed by atoms with van der Waals surface area (Å²) in [5.41, 5.74) is 1.15. The fourth-order valence-electron chi connectivity index (χ4n) is 1.91. The number of nitrogens with zero attached hydrogens (tertiary/aromatic N) is 4. The van der Waals surface area contributed by atoms with E-state index in [1.165, 1.54) is 0 Å². The van der Waals surface area contributed by atoms with E-state index in [4.69, 9.17) is 5.11 Å². The van der Waals surface area contributed by atoms with Crippen molar-refractivity contribution in [3.63, 3.8) is 0 Å². The SMILES string of the molecule is O[C@@H](Cn1nnnc1CCCc1ccccc1)C(F)(F)F. The lowest BCUT2D eigenvalue weighted by Gasteiger charge is -2.14. The Balaban J connectivity index is 1.89. The molecule has 114 valence electrons. The molecular formula is C13H15F3N4O. The molecule has 0 aliphatic heterocycles. The first-order chi connectivity index (χ1) is 9.97. The van der Waals surface area contributed by atoms with Crippen LogP contribution in [-0.4, -0.2) is 37.6 Å². The van der Waals surface area contributed by atoms with E-state index < -0.39 is 18.8 Å². The highest BCUT2D eigenvalue weighted by Gasteiger charge is 2.39. The van der Waals surface area contributed by atoms with Crippen LogP contribution in [0.15, 0.2) is 30.3 Å². The van der Waals surface area contributed by atoms with Crippen LogP contribution >= 0.6 is 0 Å². The van der Waals surface area contributed by atoms with Crippen LogP contribution in [-0.2, 0) is 19.4 Å². The fraction of sp³-hybridized carbons (Fsp3) is 0.462. The highest BCUT2D eigenvalue weighted by Crippen LogP contribution is 2.21. The Morgan fingerprint density at radius 3 is 2.52 bits per heavy atom. The second-order valence-corrected chi connectivity index (χ2v) is 4.67. The minimum Gasteiger partial charge on any atom is -0.382 e. The topological polar surface area (TPSA) is 63.8 Å². The van der Waals surface area contributed by atoms with Crippen LogP contribution in [0.4, 0.5) is 13.2 Å². The minimum absolute atomic E-state index is 0.342. The number of aliphatic hydroxyl groups is 1. The van der Waals surface area contributed by atoms with E-state index in [0.29, 0.717) is 18.7 Å². The van der Waals surface area contributed by atoms with E-state index in [1.807, 2.05) is 30.3 Å². The maximum absolute atomic E-state index is 12.3. The van der Waals surface area contributed by atoms with E-state index in [1.54, 1.807) is 0 Å². The maximum atomic E-state index is 12.3. The Kier molecular flexibility index (Phi) is 4.89. The molecule has 0 spiro atoms. The van der Waals surface area contributed by atoms with E-state index in [2.05, 4.69) is 15.5 Å².